The van der Waals surface area contributed by atoms with Crippen LogP contribution in [0.25, 0.3) is 16.3 Å². The van der Waals surface area contributed by atoms with Crippen molar-refractivity contribution in [1.82, 2.24) is 15.5 Å². The van der Waals surface area contributed by atoms with Crippen LogP contribution in [0.4, 0.5) is 4.79 Å². The topological polar surface area (TPSA) is 146 Å². The third-order valence-electron chi connectivity index (χ3n) is 5.39. The summed E-state index contributed by atoms with van der Waals surface area (Å²) < 4.78 is 5.28. The standard InChI is InChI=1S/C26H27ClN6O3/c1-14-19(11-28)16(8-9-21(14)27)23(30-5)20(12-29)15-6-7-17-18(10-15)22(32-33-24(17)34)13-31-25(35)36-26(2,3)4/h6-10,12H,13,29H2,1-5H3,(H,31,35)(H,33,34)/b20-12-,30-23?. The fraction of sp³-hybridized carbons (Fsp3) is 0.269. The zero-order valence-corrected chi connectivity index (χ0v) is 21.4. The van der Waals surface area contributed by atoms with Gasteiger partial charge < -0.3 is 15.8 Å². The van der Waals surface area contributed by atoms with Crippen LogP contribution >= 0.6 is 11.6 Å². The number of aromatic nitrogens is 2. The fourth-order valence-electron chi connectivity index (χ4n) is 3.72. The highest BCUT2D eigenvalue weighted by Crippen LogP contribution is 2.29. The van der Waals surface area contributed by atoms with E-state index in [0.29, 0.717) is 55.0 Å². The first-order valence-electron chi connectivity index (χ1n) is 11.1. The number of hydrogen-bond acceptors (Lipinski definition) is 7. The Bertz CT molecular complexity index is 1490. The Labute approximate surface area is 213 Å². The maximum absolute atomic E-state index is 12.4. The summed E-state index contributed by atoms with van der Waals surface area (Å²) in [7, 11) is 1.60. The molecule has 1 aromatic heterocycles. The molecule has 0 bridgehead atoms. The van der Waals surface area contributed by atoms with Crippen molar-refractivity contribution in [2.45, 2.75) is 39.8 Å². The number of halogens is 1. The van der Waals surface area contributed by atoms with Crippen LogP contribution in [0.15, 0.2) is 46.3 Å². The Balaban J connectivity index is 2.08. The van der Waals surface area contributed by atoms with Gasteiger partial charge in [0.05, 0.1) is 28.9 Å². The summed E-state index contributed by atoms with van der Waals surface area (Å²) >= 11 is 6.22. The molecular weight excluding hydrogens is 480 g/mol. The van der Waals surface area contributed by atoms with E-state index in [4.69, 9.17) is 22.1 Å². The lowest BCUT2D eigenvalue weighted by Gasteiger charge is -2.19. The number of rotatable bonds is 5. The second-order valence-electron chi connectivity index (χ2n) is 8.97. The number of nitrogens with zero attached hydrogens (tertiary/aromatic N) is 3. The summed E-state index contributed by atoms with van der Waals surface area (Å²) in [6, 6.07) is 10.8. The maximum atomic E-state index is 12.4. The van der Waals surface area contributed by atoms with Crippen molar-refractivity contribution in [3.63, 3.8) is 0 Å². The molecule has 0 radical (unpaired) electrons. The number of allylic oxidation sites excluding steroid dienone is 1. The fourth-order valence-corrected chi connectivity index (χ4v) is 3.88. The van der Waals surface area contributed by atoms with E-state index < -0.39 is 11.7 Å². The molecule has 0 spiro atoms. The number of ether oxygens (including phenoxy) is 1. The number of hydrogen-bond donors (Lipinski definition) is 3. The summed E-state index contributed by atoms with van der Waals surface area (Å²) in [6.07, 6.45) is 0.790. The minimum Gasteiger partial charge on any atom is -0.444 e. The van der Waals surface area contributed by atoms with Crippen molar-refractivity contribution in [2.24, 2.45) is 10.7 Å². The third-order valence-corrected chi connectivity index (χ3v) is 5.80. The van der Waals surface area contributed by atoms with Crippen LogP contribution in [0.3, 0.4) is 0 Å². The Morgan fingerprint density at radius 1 is 1.31 bits per heavy atom. The highest BCUT2D eigenvalue weighted by atomic mass is 35.5. The summed E-state index contributed by atoms with van der Waals surface area (Å²) in [5.74, 6) is 0. The van der Waals surface area contributed by atoms with Gasteiger partial charge in [-0.15, -0.1) is 0 Å². The molecule has 1 amide bonds. The van der Waals surface area contributed by atoms with Gasteiger partial charge in [-0.25, -0.2) is 9.89 Å². The monoisotopic (exact) mass is 506 g/mol. The lowest BCUT2D eigenvalue weighted by molar-refractivity contribution is 0.0523. The first-order chi connectivity index (χ1) is 17.0. The number of carbonyl (C=O) groups is 1. The molecule has 2 aromatic carbocycles. The average Bonchev–Trinajstić information content (AvgIpc) is 2.82. The van der Waals surface area contributed by atoms with Crippen LogP contribution in [0, 0.1) is 18.3 Å². The van der Waals surface area contributed by atoms with Gasteiger partial charge in [0, 0.05) is 34.8 Å². The van der Waals surface area contributed by atoms with Crippen LogP contribution < -0.4 is 16.6 Å². The largest absolute Gasteiger partial charge is 0.444 e. The number of H-pyrrole nitrogens is 1. The van der Waals surface area contributed by atoms with Gasteiger partial charge in [0.1, 0.15) is 11.7 Å². The zero-order chi connectivity index (χ0) is 26.6. The molecule has 3 rings (SSSR count). The second-order valence-corrected chi connectivity index (χ2v) is 9.38. The molecule has 186 valence electrons. The molecule has 0 aliphatic heterocycles. The molecule has 0 aliphatic rings. The van der Waals surface area contributed by atoms with Crippen LogP contribution in [-0.4, -0.2) is 34.7 Å². The Hall–Kier alpha value is -4.16. The van der Waals surface area contributed by atoms with E-state index in [-0.39, 0.29) is 12.1 Å². The molecule has 4 N–H and O–H groups in total. The number of nitrogens with two attached hydrogens (primary N) is 1. The van der Waals surface area contributed by atoms with E-state index >= 15 is 0 Å². The molecule has 1 heterocycles. The van der Waals surface area contributed by atoms with E-state index in [0.717, 1.165) is 0 Å². The van der Waals surface area contributed by atoms with E-state index in [1.165, 1.54) is 6.20 Å². The van der Waals surface area contributed by atoms with Gasteiger partial charge in [-0.2, -0.15) is 10.4 Å². The zero-order valence-electron chi connectivity index (χ0n) is 20.7. The number of aromatic amines is 1. The molecule has 0 saturated heterocycles. The SMILES string of the molecule is CN=C(/C(=C\N)c1ccc2c(=O)[nH]nc(CNC(=O)OC(C)(C)C)c2c1)c1ccc(Cl)c(C)c1C#N. The number of benzene rings is 2. The van der Waals surface area contributed by atoms with Crippen LogP contribution in [-0.2, 0) is 11.3 Å². The molecule has 0 unspecified atom stereocenters. The minimum absolute atomic E-state index is 0.0248. The number of fused-ring (bicyclic) bond motifs is 1. The number of carbonyl (C=O) groups excluding carboxylic acids is 1. The number of amides is 1. The highest BCUT2D eigenvalue weighted by molar-refractivity contribution is 6.34. The van der Waals surface area contributed by atoms with Crippen molar-refractivity contribution < 1.29 is 9.53 Å². The summed E-state index contributed by atoms with van der Waals surface area (Å²) in [5.41, 5.74) is 8.73. The van der Waals surface area contributed by atoms with Gasteiger partial charge >= 0.3 is 6.09 Å². The molecular formula is C26H27ClN6O3. The lowest BCUT2D eigenvalue weighted by atomic mass is 9.91. The molecule has 9 nitrogen and oxygen atoms in total. The maximum Gasteiger partial charge on any atom is 0.407 e. The number of aliphatic imine (C=N–C) groups is 1. The van der Waals surface area contributed by atoms with Gasteiger partial charge in [0.25, 0.3) is 5.56 Å². The quantitative estimate of drug-likeness (QED) is 0.442. The first kappa shape index (κ1) is 26.4. The molecule has 0 saturated carbocycles. The van der Waals surface area contributed by atoms with Crippen molar-refractivity contribution in [2.75, 3.05) is 7.05 Å². The molecule has 36 heavy (non-hydrogen) atoms. The van der Waals surface area contributed by atoms with Crippen molar-refractivity contribution in [3.8, 4) is 6.07 Å². The van der Waals surface area contributed by atoms with Gasteiger partial charge in [-0.05, 0) is 63.1 Å². The smallest absolute Gasteiger partial charge is 0.407 e. The van der Waals surface area contributed by atoms with Gasteiger partial charge in [0.2, 0.25) is 0 Å². The Morgan fingerprint density at radius 2 is 2.03 bits per heavy atom. The molecule has 10 heteroatoms. The van der Waals surface area contributed by atoms with Crippen molar-refractivity contribution >= 4 is 39.8 Å². The van der Waals surface area contributed by atoms with Gasteiger partial charge in [-0.3, -0.25) is 9.79 Å². The second kappa shape index (κ2) is 10.6. The predicted octanol–water partition coefficient (Wildman–Crippen LogP) is 4.20. The molecule has 3 aromatic rings. The van der Waals surface area contributed by atoms with Crippen molar-refractivity contribution in [1.29, 1.82) is 5.26 Å². The molecule has 0 aliphatic carbocycles. The molecule has 0 fully saturated rings. The average molecular weight is 507 g/mol. The van der Waals surface area contributed by atoms with Crippen LogP contribution in [0.2, 0.25) is 5.02 Å². The van der Waals surface area contributed by atoms with Crippen LogP contribution in [0.1, 0.15) is 48.7 Å². The summed E-state index contributed by atoms with van der Waals surface area (Å²) in [4.78, 5) is 29.0. The first-order valence-corrected chi connectivity index (χ1v) is 11.5. The lowest BCUT2D eigenvalue weighted by Crippen LogP contribution is -2.32. The Morgan fingerprint density at radius 3 is 2.64 bits per heavy atom. The highest BCUT2D eigenvalue weighted by Gasteiger charge is 2.20. The molecule has 0 atom stereocenters. The predicted molar refractivity (Wildman–Crippen MR) is 141 cm³/mol. The van der Waals surface area contributed by atoms with E-state index in [2.05, 4.69) is 26.6 Å². The minimum atomic E-state index is -0.656. The Kier molecular flexibility index (Phi) is 7.80. The van der Waals surface area contributed by atoms with Gasteiger partial charge in [0.15, 0.2) is 0 Å². The van der Waals surface area contributed by atoms with Crippen molar-refractivity contribution in [3.05, 3.63) is 79.9 Å². The normalized spacial score (nSPS) is 12.4. The van der Waals surface area contributed by atoms with Gasteiger partial charge in [-0.1, -0.05) is 17.7 Å². The van der Waals surface area contributed by atoms with Crippen LogP contribution in [0.5, 0.6) is 0 Å². The van der Waals surface area contributed by atoms with E-state index in [1.807, 2.05) is 0 Å². The summed E-state index contributed by atoms with van der Waals surface area (Å²) in [5, 5.41) is 20.4. The van der Waals surface area contributed by atoms with E-state index in [9.17, 15) is 14.9 Å². The number of nitrogens with one attached hydrogen (secondary N) is 2. The summed E-state index contributed by atoms with van der Waals surface area (Å²) in [6.45, 7) is 7.08. The van der Waals surface area contributed by atoms with E-state index in [1.54, 1.807) is 65.1 Å². The third kappa shape index (κ3) is 5.56. The number of alkyl carbamates (subject to hydrolysis) is 1. The number of nitriles is 1.